The fraction of sp³-hybridized carbons (Fsp3) is 0.500. The first-order valence-electron chi connectivity index (χ1n) is 9.28. The fourth-order valence-electron chi connectivity index (χ4n) is 3.04. The summed E-state index contributed by atoms with van der Waals surface area (Å²) in [7, 11) is 0. The molecule has 140 valence electrons. The maximum Gasteiger partial charge on any atom is 0.228 e. The molecule has 5 nitrogen and oxygen atoms in total. The van der Waals surface area contributed by atoms with Gasteiger partial charge in [0.2, 0.25) is 5.91 Å². The van der Waals surface area contributed by atoms with E-state index in [9.17, 15) is 4.79 Å². The maximum absolute atomic E-state index is 12.3. The number of hydrogen-bond acceptors (Lipinski definition) is 4. The average molecular weight is 374 g/mol. The standard InChI is InChI=1S/C20H27N3O2S/c1-15(2)26-19-8-6-16(7-9-19)11-20(24)22-17-12-21-23(13-17)14-18-5-3-4-10-25-18/h6-9,12-13,15,18H,3-5,10-11,14H2,1-2H3,(H,22,24). The van der Waals surface area contributed by atoms with Crippen LogP contribution >= 0.6 is 11.8 Å². The van der Waals surface area contributed by atoms with Gasteiger partial charge in [-0.25, -0.2) is 0 Å². The summed E-state index contributed by atoms with van der Waals surface area (Å²) in [5.41, 5.74) is 1.75. The third-order valence-corrected chi connectivity index (χ3v) is 5.26. The number of carbonyl (C=O) groups is 1. The number of hydrogen-bond donors (Lipinski definition) is 1. The zero-order chi connectivity index (χ0) is 18.4. The lowest BCUT2D eigenvalue weighted by Crippen LogP contribution is -2.24. The summed E-state index contributed by atoms with van der Waals surface area (Å²) in [4.78, 5) is 13.5. The van der Waals surface area contributed by atoms with Crippen LogP contribution in [0, 0.1) is 0 Å². The van der Waals surface area contributed by atoms with Crippen LogP contribution in [0.15, 0.2) is 41.6 Å². The van der Waals surface area contributed by atoms with Crippen molar-refractivity contribution in [3.05, 3.63) is 42.2 Å². The summed E-state index contributed by atoms with van der Waals surface area (Å²) in [5, 5.41) is 7.81. The Labute approximate surface area is 159 Å². The van der Waals surface area contributed by atoms with Gasteiger partial charge in [-0.3, -0.25) is 9.48 Å². The topological polar surface area (TPSA) is 56.2 Å². The van der Waals surface area contributed by atoms with E-state index in [1.54, 1.807) is 6.20 Å². The normalized spacial score (nSPS) is 17.4. The molecule has 1 fully saturated rings. The van der Waals surface area contributed by atoms with Crippen LogP contribution in [0.5, 0.6) is 0 Å². The summed E-state index contributed by atoms with van der Waals surface area (Å²) < 4.78 is 7.59. The first-order chi connectivity index (χ1) is 12.6. The molecule has 26 heavy (non-hydrogen) atoms. The van der Waals surface area contributed by atoms with Gasteiger partial charge in [-0.15, -0.1) is 11.8 Å². The van der Waals surface area contributed by atoms with Gasteiger partial charge in [0.25, 0.3) is 0 Å². The quantitative estimate of drug-likeness (QED) is 0.741. The van der Waals surface area contributed by atoms with Crippen molar-refractivity contribution in [3.63, 3.8) is 0 Å². The van der Waals surface area contributed by atoms with E-state index >= 15 is 0 Å². The SMILES string of the molecule is CC(C)Sc1ccc(CC(=O)Nc2cnn(CC3CCCCO3)c2)cc1. The van der Waals surface area contributed by atoms with E-state index in [-0.39, 0.29) is 12.0 Å². The highest BCUT2D eigenvalue weighted by Gasteiger charge is 2.15. The van der Waals surface area contributed by atoms with Gasteiger partial charge in [-0.1, -0.05) is 26.0 Å². The Hall–Kier alpha value is -1.79. The highest BCUT2D eigenvalue weighted by molar-refractivity contribution is 7.99. The Morgan fingerprint density at radius 2 is 2.15 bits per heavy atom. The van der Waals surface area contributed by atoms with E-state index < -0.39 is 0 Å². The number of nitrogens with zero attached hydrogens (tertiary/aromatic N) is 2. The Kier molecular flexibility index (Phi) is 6.74. The summed E-state index contributed by atoms with van der Waals surface area (Å²) in [5.74, 6) is -0.0253. The molecule has 1 N–H and O–H groups in total. The van der Waals surface area contributed by atoms with E-state index in [0.717, 1.165) is 37.2 Å². The highest BCUT2D eigenvalue weighted by Crippen LogP contribution is 2.23. The number of thioether (sulfide) groups is 1. The van der Waals surface area contributed by atoms with E-state index in [2.05, 4.69) is 36.4 Å². The van der Waals surface area contributed by atoms with Crippen LogP contribution in [0.2, 0.25) is 0 Å². The molecular weight excluding hydrogens is 346 g/mol. The molecule has 1 saturated heterocycles. The Morgan fingerprint density at radius 1 is 1.35 bits per heavy atom. The van der Waals surface area contributed by atoms with Crippen molar-refractivity contribution in [2.75, 3.05) is 11.9 Å². The molecule has 1 aromatic carbocycles. The van der Waals surface area contributed by atoms with Crippen molar-refractivity contribution in [2.45, 2.75) is 62.3 Å². The third-order valence-electron chi connectivity index (χ3n) is 4.24. The minimum absolute atomic E-state index is 0.0253. The number of amides is 1. The second-order valence-electron chi connectivity index (χ2n) is 6.98. The molecule has 0 radical (unpaired) electrons. The molecule has 1 aliphatic rings. The molecule has 1 atom stereocenters. The van der Waals surface area contributed by atoms with E-state index in [0.29, 0.717) is 11.7 Å². The minimum Gasteiger partial charge on any atom is -0.376 e. The number of anilines is 1. The average Bonchev–Trinajstić information content (AvgIpc) is 3.04. The molecule has 1 unspecified atom stereocenters. The van der Waals surface area contributed by atoms with Crippen molar-refractivity contribution >= 4 is 23.4 Å². The summed E-state index contributed by atoms with van der Waals surface area (Å²) in [6.45, 7) is 5.92. The molecule has 3 rings (SSSR count). The number of rotatable bonds is 7. The second kappa shape index (κ2) is 9.24. The smallest absolute Gasteiger partial charge is 0.228 e. The van der Waals surface area contributed by atoms with Crippen molar-refractivity contribution in [2.24, 2.45) is 0 Å². The summed E-state index contributed by atoms with van der Waals surface area (Å²) >= 11 is 1.82. The van der Waals surface area contributed by atoms with Crippen LogP contribution in [-0.4, -0.2) is 33.6 Å². The molecule has 6 heteroatoms. The molecule has 0 bridgehead atoms. The second-order valence-corrected chi connectivity index (χ2v) is 8.63. The molecule has 1 amide bonds. The number of aromatic nitrogens is 2. The molecular formula is C20H27N3O2S. The number of nitrogens with one attached hydrogen (secondary N) is 1. The maximum atomic E-state index is 12.3. The zero-order valence-electron chi connectivity index (χ0n) is 15.5. The van der Waals surface area contributed by atoms with Gasteiger partial charge < -0.3 is 10.1 Å². The van der Waals surface area contributed by atoms with Crippen molar-refractivity contribution in [3.8, 4) is 0 Å². The number of carbonyl (C=O) groups excluding carboxylic acids is 1. The predicted octanol–water partition coefficient (Wildman–Crippen LogP) is 4.13. The van der Waals surface area contributed by atoms with Gasteiger partial charge in [-0.2, -0.15) is 5.10 Å². The molecule has 1 aromatic heterocycles. The van der Waals surface area contributed by atoms with Gasteiger partial charge >= 0.3 is 0 Å². The zero-order valence-corrected chi connectivity index (χ0v) is 16.3. The molecule has 2 aromatic rings. The summed E-state index contributed by atoms with van der Waals surface area (Å²) in [6.07, 6.45) is 7.60. The van der Waals surface area contributed by atoms with Crippen LogP contribution in [0.3, 0.4) is 0 Å². The van der Waals surface area contributed by atoms with Crippen molar-refractivity contribution in [1.82, 2.24) is 9.78 Å². The van der Waals surface area contributed by atoms with Gasteiger partial charge in [0.05, 0.1) is 31.0 Å². The van der Waals surface area contributed by atoms with Gasteiger partial charge in [0, 0.05) is 22.9 Å². The number of benzene rings is 1. The third kappa shape index (κ3) is 5.88. The van der Waals surface area contributed by atoms with E-state index in [4.69, 9.17) is 4.74 Å². The highest BCUT2D eigenvalue weighted by atomic mass is 32.2. The Balaban J connectivity index is 1.48. The van der Waals surface area contributed by atoms with Gasteiger partial charge in [0.15, 0.2) is 0 Å². The predicted molar refractivity (Wildman–Crippen MR) is 106 cm³/mol. The van der Waals surface area contributed by atoms with Gasteiger partial charge in [0.1, 0.15) is 0 Å². The lowest BCUT2D eigenvalue weighted by molar-refractivity contribution is -0.115. The van der Waals surface area contributed by atoms with Crippen LogP contribution in [-0.2, 0) is 22.5 Å². The van der Waals surface area contributed by atoms with Crippen LogP contribution in [0.25, 0.3) is 0 Å². The monoisotopic (exact) mass is 373 g/mol. The summed E-state index contributed by atoms with van der Waals surface area (Å²) in [6, 6.07) is 8.20. The number of ether oxygens (including phenoxy) is 1. The Bertz CT molecular complexity index is 706. The van der Waals surface area contributed by atoms with Crippen LogP contribution in [0.1, 0.15) is 38.7 Å². The Morgan fingerprint density at radius 3 is 2.85 bits per heavy atom. The van der Waals surface area contributed by atoms with Crippen molar-refractivity contribution in [1.29, 1.82) is 0 Å². The molecule has 0 aliphatic carbocycles. The first-order valence-corrected chi connectivity index (χ1v) is 10.2. The largest absolute Gasteiger partial charge is 0.376 e. The van der Waals surface area contributed by atoms with E-state index in [1.165, 1.54) is 11.3 Å². The lowest BCUT2D eigenvalue weighted by Gasteiger charge is -2.22. The lowest BCUT2D eigenvalue weighted by atomic mass is 10.1. The van der Waals surface area contributed by atoms with Crippen LogP contribution in [0.4, 0.5) is 5.69 Å². The van der Waals surface area contributed by atoms with Crippen molar-refractivity contribution < 1.29 is 9.53 Å². The molecule has 2 heterocycles. The molecule has 1 aliphatic heterocycles. The van der Waals surface area contributed by atoms with Gasteiger partial charge in [-0.05, 0) is 37.0 Å². The fourth-order valence-corrected chi connectivity index (χ4v) is 3.87. The first kappa shape index (κ1) is 19.0. The molecule has 0 spiro atoms. The van der Waals surface area contributed by atoms with Crippen LogP contribution < -0.4 is 5.32 Å². The van der Waals surface area contributed by atoms with E-state index in [1.807, 2.05) is 34.8 Å². The molecule has 0 saturated carbocycles. The minimum atomic E-state index is -0.0253.